The number of rotatable bonds is 11. The van der Waals surface area contributed by atoms with Crippen LogP contribution < -0.4 is 15.4 Å². The number of hydrogen-bond acceptors (Lipinski definition) is 8. The van der Waals surface area contributed by atoms with Crippen molar-refractivity contribution in [3.63, 3.8) is 0 Å². The monoisotopic (exact) mass is 596 g/mol. The minimum atomic E-state index is -3.02. The number of nitrogens with zero attached hydrogens (tertiary/aromatic N) is 2. The second kappa shape index (κ2) is 12.0. The summed E-state index contributed by atoms with van der Waals surface area (Å²) in [5, 5.41) is 7.68. The summed E-state index contributed by atoms with van der Waals surface area (Å²) in [4.78, 5) is 8.88. The van der Waals surface area contributed by atoms with E-state index >= 15 is 0 Å². The highest BCUT2D eigenvalue weighted by molar-refractivity contribution is 7.90. The maximum absolute atomic E-state index is 13.5. The van der Waals surface area contributed by atoms with Gasteiger partial charge in [-0.05, 0) is 66.6 Å². The molecule has 1 aliphatic heterocycles. The summed E-state index contributed by atoms with van der Waals surface area (Å²) in [6, 6.07) is 17.5. The highest BCUT2D eigenvalue weighted by Crippen LogP contribution is 2.39. The second-order valence-corrected chi connectivity index (χ2v) is 12.8. The SMILES string of the molecule is CC1(c2ccc3ncnc(Nc4ccc(OCc5cccc(F)c5)c(Cl)c4)c3c2)CC=C(CNCCS(C)(=O)=O)O1. The van der Waals surface area contributed by atoms with E-state index in [0.717, 1.165) is 22.2 Å². The molecule has 1 aromatic heterocycles. The number of anilines is 2. The van der Waals surface area contributed by atoms with Crippen LogP contribution in [-0.4, -0.2) is 43.5 Å². The number of benzene rings is 3. The van der Waals surface area contributed by atoms with Crippen LogP contribution in [0, 0.1) is 5.82 Å². The largest absolute Gasteiger partial charge is 0.487 e. The summed E-state index contributed by atoms with van der Waals surface area (Å²) in [6.45, 7) is 3.03. The van der Waals surface area contributed by atoms with E-state index in [4.69, 9.17) is 21.1 Å². The van der Waals surface area contributed by atoms with Crippen molar-refractivity contribution in [2.24, 2.45) is 0 Å². The second-order valence-electron chi connectivity index (χ2n) is 10.2. The number of hydrogen-bond donors (Lipinski definition) is 2. The minimum absolute atomic E-state index is 0.0773. The molecule has 0 saturated carbocycles. The Labute approximate surface area is 243 Å². The Morgan fingerprint density at radius 3 is 2.76 bits per heavy atom. The Morgan fingerprint density at radius 1 is 1.12 bits per heavy atom. The van der Waals surface area contributed by atoms with Gasteiger partial charge in [-0.2, -0.15) is 0 Å². The van der Waals surface area contributed by atoms with Gasteiger partial charge in [-0.15, -0.1) is 0 Å². The summed E-state index contributed by atoms with van der Waals surface area (Å²) >= 11 is 6.49. The minimum Gasteiger partial charge on any atom is -0.487 e. The third-order valence-electron chi connectivity index (χ3n) is 6.75. The molecule has 0 spiro atoms. The smallest absolute Gasteiger partial charge is 0.148 e. The molecule has 1 aliphatic rings. The fourth-order valence-electron chi connectivity index (χ4n) is 4.54. The third-order valence-corrected chi connectivity index (χ3v) is 7.99. The van der Waals surface area contributed by atoms with Gasteiger partial charge in [-0.1, -0.05) is 29.8 Å². The topological polar surface area (TPSA) is 102 Å². The van der Waals surface area contributed by atoms with Crippen LogP contribution in [0.5, 0.6) is 5.75 Å². The van der Waals surface area contributed by atoms with Gasteiger partial charge in [-0.25, -0.2) is 22.8 Å². The molecular weight excluding hydrogens is 567 g/mol. The molecule has 0 fully saturated rings. The van der Waals surface area contributed by atoms with Crippen LogP contribution >= 0.6 is 11.6 Å². The van der Waals surface area contributed by atoms with E-state index in [1.54, 1.807) is 24.3 Å². The molecule has 0 aliphatic carbocycles. The quantitative estimate of drug-likeness (QED) is 0.206. The zero-order valence-corrected chi connectivity index (χ0v) is 24.2. The summed E-state index contributed by atoms with van der Waals surface area (Å²) in [6.07, 6.45) is 5.42. The normalized spacial score (nSPS) is 16.8. The van der Waals surface area contributed by atoms with E-state index in [1.165, 1.54) is 24.7 Å². The molecule has 0 amide bonds. The van der Waals surface area contributed by atoms with Gasteiger partial charge < -0.3 is 20.1 Å². The predicted molar refractivity (Wildman–Crippen MR) is 159 cm³/mol. The molecule has 41 heavy (non-hydrogen) atoms. The number of ether oxygens (including phenoxy) is 2. The molecule has 8 nitrogen and oxygen atoms in total. The lowest BCUT2D eigenvalue weighted by Crippen LogP contribution is -2.27. The fourth-order valence-corrected chi connectivity index (χ4v) is 5.29. The molecule has 214 valence electrons. The van der Waals surface area contributed by atoms with Crippen LogP contribution in [0.15, 0.2) is 78.8 Å². The molecule has 1 atom stereocenters. The van der Waals surface area contributed by atoms with Gasteiger partial charge in [0.05, 0.1) is 22.8 Å². The van der Waals surface area contributed by atoms with Crippen LogP contribution in [0.4, 0.5) is 15.9 Å². The van der Waals surface area contributed by atoms with Gasteiger partial charge in [0.2, 0.25) is 0 Å². The maximum atomic E-state index is 13.5. The van der Waals surface area contributed by atoms with Crippen LogP contribution in [0.1, 0.15) is 24.5 Å². The first-order valence-corrected chi connectivity index (χ1v) is 15.5. The Bertz CT molecular complexity index is 1720. The number of fused-ring (bicyclic) bond motifs is 1. The van der Waals surface area contributed by atoms with E-state index in [9.17, 15) is 12.8 Å². The van der Waals surface area contributed by atoms with Crippen molar-refractivity contribution in [1.82, 2.24) is 15.3 Å². The van der Waals surface area contributed by atoms with Crippen LogP contribution in [0.3, 0.4) is 0 Å². The van der Waals surface area contributed by atoms with E-state index in [-0.39, 0.29) is 18.2 Å². The lowest BCUT2D eigenvalue weighted by atomic mass is 9.92. The molecule has 3 aromatic carbocycles. The Morgan fingerprint density at radius 2 is 1.98 bits per heavy atom. The van der Waals surface area contributed by atoms with E-state index in [1.807, 2.05) is 37.3 Å². The van der Waals surface area contributed by atoms with Gasteiger partial charge in [0, 0.05) is 30.3 Å². The van der Waals surface area contributed by atoms with Gasteiger partial charge in [0.15, 0.2) is 0 Å². The molecule has 0 saturated heterocycles. The summed E-state index contributed by atoms with van der Waals surface area (Å²) in [5.41, 5.74) is 2.57. The van der Waals surface area contributed by atoms with E-state index in [0.29, 0.717) is 47.4 Å². The number of sulfone groups is 1. The van der Waals surface area contributed by atoms with Crippen molar-refractivity contribution < 1.29 is 22.3 Å². The Balaban J connectivity index is 1.28. The summed E-state index contributed by atoms with van der Waals surface area (Å²) in [5.74, 6) is 1.63. The number of nitrogens with one attached hydrogen (secondary N) is 2. The lowest BCUT2D eigenvalue weighted by Gasteiger charge is -2.26. The van der Waals surface area contributed by atoms with Crippen molar-refractivity contribution in [2.45, 2.75) is 25.6 Å². The van der Waals surface area contributed by atoms with Crippen molar-refractivity contribution in [2.75, 3.05) is 30.4 Å². The molecule has 2 N–H and O–H groups in total. The van der Waals surface area contributed by atoms with Crippen molar-refractivity contribution in [3.05, 3.63) is 101 Å². The van der Waals surface area contributed by atoms with Gasteiger partial charge >= 0.3 is 0 Å². The molecule has 4 aromatic rings. The molecule has 0 bridgehead atoms. The van der Waals surface area contributed by atoms with E-state index < -0.39 is 15.4 Å². The van der Waals surface area contributed by atoms with Gasteiger partial charge in [0.1, 0.15) is 51.5 Å². The molecule has 1 unspecified atom stereocenters. The summed E-state index contributed by atoms with van der Waals surface area (Å²) < 4.78 is 48.3. The van der Waals surface area contributed by atoms with Crippen LogP contribution in [0.2, 0.25) is 5.02 Å². The zero-order chi connectivity index (χ0) is 29.0. The number of aromatic nitrogens is 2. The van der Waals surface area contributed by atoms with E-state index in [2.05, 4.69) is 20.6 Å². The first-order chi connectivity index (χ1) is 19.6. The standard InChI is InChI=1S/C30H30ClFN4O4S/c1-30(11-10-24(40-30)17-33-12-13-41(2,37)38)21-6-8-27-25(15-21)29(35-19-34-27)36-23-7-9-28(26(31)16-23)39-18-20-4-3-5-22(32)14-20/h3-10,14-16,19,33H,11-13,17-18H2,1-2H3,(H,34,35,36). The molecule has 2 heterocycles. The average molecular weight is 597 g/mol. The molecule has 0 radical (unpaired) electrons. The van der Waals surface area contributed by atoms with Crippen LogP contribution in [0.25, 0.3) is 10.9 Å². The molecular formula is C30H30ClFN4O4S. The fraction of sp³-hybridized carbons (Fsp3) is 0.267. The van der Waals surface area contributed by atoms with Crippen molar-refractivity contribution >= 4 is 43.8 Å². The molecule has 5 rings (SSSR count). The Hall–Kier alpha value is -3.73. The summed E-state index contributed by atoms with van der Waals surface area (Å²) in [7, 11) is -3.02. The van der Waals surface area contributed by atoms with Crippen molar-refractivity contribution in [3.8, 4) is 5.75 Å². The first-order valence-electron chi connectivity index (χ1n) is 13.0. The number of halogens is 2. The lowest BCUT2D eigenvalue weighted by molar-refractivity contribution is 0.0380. The predicted octanol–water partition coefficient (Wildman–Crippen LogP) is 5.90. The molecule has 11 heteroatoms. The average Bonchev–Trinajstić information content (AvgIpc) is 3.32. The zero-order valence-electron chi connectivity index (χ0n) is 22.7. The van der Waals surface area contributed by atoms with Crippen molar-refractivity contribution in [1.29, 1.82) is 0 Å². The third kappa shape index (κ3) is 7.32. The Kier molecular flexibility index (Phi) is 8.44. The highest BCUT2D eigenvalue weighted by atomic mass is 35.5. The highest BCUT2D eigenvalue weighted by Gasteiger charge is 2.33. The van der Waals surface area contributed by atoms with Gasteiger partial charge in [0.25, 0.3) is 0 Å². The first kappa shape index (κ1) is 28.8. The van der Waals surface area contributed by atoms with Crippen LogP contribution in [-0.2, 0) is 26.8 Å². The van der Waals surface area contributed by atoms with Gasteiger partial charge in [-0.3, -0.25) is 0 Å². The maximum Gasteiger partial charge on any atom is 0.148 e.